The molecule has 0 aliphatic carbocycles. The number of unbranched alkanes of at least 4 members (excludes halogenated alkanes) is 22. The molecule has 58 heavy (non-hydrogen) atoms. The van der Waals surface area contributed by atoms with Gasteiger partial charge in [0, 0.05) is 12.8 Å². The van der Waals surface area contributed by atoms with Gasteiger partial charge in [0.05, 0.1) is 6.61 Å². The van der Waals surface area contributed by atoms with Crippen LogP contribution in [0.25, 0.3) is 0 Å². The topological polar surface area (TPSA) is 186 Å². The number of allylic oxidation sites excluding steroid dienone is 4. The molecule has 0 bridgehead atoms. The van der Waals surface area contributed by atoms with Crippen molar-refractivity contribution in [2.45, 2.75) is 230 Å². The number of carbonyl (C=O) groups excluding carboxylic acids is 2. The maximum atomic E-state index is 12.8. The first kappa shape index (κ1) is 54.1. The van der Waals surface area contributed by atoms with E-state index < -0.39 is 71.2 Å². The van der Waals surface area contributed by atoms with E-state index in [1.54, 1.807) is 0 Å². The van der Waals surface area contributed by atoms with Gasteiger partial charge in [-0.25, -0.2) is 0 Å². The second-order valence-corrected chi connectivity index (χ2v) is 17.6. The number of esters is 2. The van der Waals surface area contributed by atoms with Gasteiger partial charge in [0.1, 0.15) is 36.8 Å². The maximum absolute atomic E-state index is 12.8. The SMILES string of the molecule is CCCCCCCC/C=C/CCCCCCCC(=O)O[C@H](COC(=O)CC/C=C/CCCCCCCCCCCCC)CO[C@H]1O[C@H](CS(=O)(=O)O)[C@@H](O)C(O)C1O. The van der Waals surface area contributed by atoms with Crippen LogP contribution in [0.2, 0.25) is 0 Å². The standard InChI is InChI=1S/C45H82O12S/c1-3-5-7-9-11-13-15-17-19-21-23-25-27-29-31-33-40(46)54-35-38(36-55-45-44(50)43(49)42(48)39(57-45)37-58(51,52)53)56-41(47)34-32-30-28-26-24-22-20-18-16-14-12-10-8-6-4-2/h18,20,27,29,38-39,42-45,48-50H,3-17,19,21-26,28,30-37H2,1-2H3,(H,51,52,53)/b20-18+,29-27+/t38-,39-,42-,43?,44?,45+/m1/s1. The van der Waals surface area contributed by atoms with Crippen LogP contribution in [-0.4, -0.2) is 96.0 Å². The molecule has 0 aromatic carbocycles. The second-order valence-electron chi connectivity index (χ2n) is 16.1. The molecule has 0 aromatic rings. The lowest BCUT2D eigenvalue weighted by Crippen LogP contribution is -2.60. The molecule has 0 spiro atoms. The Kier molecular flexibility index (Phi) is 33.5. The highest BCUT2D eigenvalue weighted by Crippen LogP contribution is 2.24. The number of carbonyl (C=O) groups is 2. The van der Waals surface area contributed by atoms with E-state index in [4.69, 9.17) is 18.9 Å². The average Bonchev–Trinajstić information content (AvgIpc) is 3.18. The largest absolute Gasteiger partial charge is 0.462 e. The average molecular weight is 847 g/mol. The predicted molar refractivity (Wildman–Crippen MR) is 229 cm³/mol. The summed E-state index contributed by atoms with van der Waals surface area (Å²) in [5.74, 6) is -2.05. The Labute approximate surface area is 351 Å². The van der Waals surface area contributed by atoms with E-state index in [2.05, 4.69) is 32.1 Å². The highest BCUT2D eigenvalue weighted by molar-refractivity contribution is 7.85. The van der Waals surface area contributed by atoms with Crippen molar-refractivity contribution in [3.63, 3.8) is 0 Å². The van der Waals surface area contributed by atoms with Gasteiger partial charge < -0.3 is 34.3 Å². The Morgan fingerprint density at radius 3 is 1.50 bits per heavy atom. The minimum absolute atomic E-state index is 0.136. The summed E-state index contributed by atoms with van der Waals surface area (Å²) in [5.41, 5.74) is 0. The van der Waals surface area contributed by atoms with Gasteiger partial charge in [-0.15, -0.1) is 0 Å². The fraction of sp³-hybridized carbons (Fsp3) is 0.867. The summed E-state index contributed by atoms with van der Waals surface area (Å²) >= 11 is 0. The van der Waals surface area contributed by atoms with Gasteiger partial charge in [-0.05, 0) is 51.4 Å². The molecular weight excluding hydrogens is 765 g/mol. The molecule has 1 fully saturated rings. The Balaban J connectivity index is 2.47. The van der Waals surface area contributed by atoms with E-state index in [0.717, 1.165) is 51.4 Å². The van der Waals surface area contributed by atoms with Crippen molar-refractivity contribution < 1.29 is 56.8 Å². The molecule has 1 heterocycles. The van der Waals surface area contributed by atoms with Gasteiger partial charge in [0.15, 0.2) is 12.4 Å². The summed E-state index contributed by atoms with van der Waals surface area (Å²) in [6.45, 7) is 3.72. The fourth-order valence-electron chi connectivity index (χ4n) is 6.92. The van der Waals surface area contributed by atoms with Crippen molar-refractivity contribution in [2.75, 3.05) is 19.0 Å². The lowest BCUT2D eigenvalue weighted by molar-refractivity contribution is -0.297. The summed E-state index contributed by atoms with van der Waals surface area (Å²) in [5, 5.41) is 30.9. The normalized spacial score (nSPS) is 20.6. The fourth-order valence-corrected chi connectivity index (χ4v) is 7.62. The van der Waals surface area contributed by atoms with E-state index >= 15 is 0 Å². The highest BCUT2D eigenvalue weighted by Gasteiger charge is 2.46. The molecule has 1 rings (SSSR count). The molecule has 1 aliphatic rings. The lowest BCUT2D eigenvalue weighted by atomic mass is 10.00. The predicted octanol–water partition coefficient (Wildman–Crippen LogP) is 9.23. The van der Waals surface area contributed by atoms with E-state index in [9.17, 15) is 37.9 Å². The van der Waals surface area contributed by atoms with Crippen LogP contribution in [0.15, 0.2) is 24.3 Å². The first-order valence-corrected chi connectivity index (χ1v) is 24.5. The number of rotatable bonds is 38. The van der Waals surface area contributed by atoms with Crippen molar-refractivity contribution in [3.05, 3.63) is 24.3 Å². The number of aliphatic hydroxyl groups is 3. The summed E-state index contributed by atoms with van der Waals surface area (Å²) in [4.78, 5) is 25.4. The van der Waals surface area contributed by atoms with Crippen LogP contribution in [0.1, 0.15) is 194 Å². The van der Waals surface area contributed by atoms with Gasteiger partial charge in [-0.1, -0.05) is 154 Å². The first-order chi connectivity index (χ1) is 28.0. The van der Waals surface area contributed by atoms with Gasteiger partial charge >= 0.3 is 11.9 Å². The molecule has 6 atom stereocenters. The van der Waals surface area contributed by atoms with Crippen molar-refractivity contribution >= 4 is 22.1 Å². The van der Waals surface area contributed by atoms with Crippen LogP contribution in [0.3, 0.4) is 0 Å². The molecule has 4 N–H and O–H groups in total. The van der Waals surface area contributed by atoms with Crippen molar-refractivity contribution in [1.82, 2.24) is 0 Å². The van der Waals surface area contributed by atoms with E-state index in [-0.39, 0.29) is 19.4 Å². The van der Waals surface area contributed by atoms with Gasteiger partial charge in [-0.2, -0.15) is 8.42 Å². The monoisotopic (exact) mass is 847 g/mol. The third-order valence-electron chi connectivity index (χ3n) is 10.5. The Hall–Kier alpha value is -1.87. The molecule has 13 heteroatoms. The molecule has 12 nitrogen and oxygen atoms in total. The number of hydrogen-bond donors (Lipinski definition) is 4. The van der Waals surface area contributed by atoms with E-state index in [1.807, 2.05) is 6.08 Å². The molecule has 0 radical (unpaired) electrons. The maximum Gasteiger partial charge on any atom is 0.306 e. The zero-order chi connectivity index (χ0) is 42.7. The van der Waals surface area contributed by atoms with Crippen LogP contribution in [0.5, 0.6) is 0 Å². The minimum Gasteiger partial charge on any atom is -0.462 e. The number of aliphatic hydroxyl groups excluding tert-OH is 3. The third-order valence-corrected chi connectivity index (χ3v) is 11.3. The first-order valence-electron chi connectivity index (χ1n) is 22.9. The minimum atomic E-state index is -4.60. The van der Waals surface area contributed by atoms with E-state index in [0.29, 0.717) is 12.8 Å². The summed E-state index contributed by atoms with van der Waals surface area (Å²) in [6, 6.07) is 0. The zero-order valence-corrected chi connectivity index (χ0v) is 37.0. The zero-order valence-electron chi connectivity index (χ0n) is 36.2. The Morgan fingerprint density at radius 2 is 1.02 bits per heavy atom. The van der Waals surface area contributed by atoms with Crippen LogP contribution in [0, 0.1) is 0 Å². The molecular formula is C45H82O12S. The molecule has 0 aromatic heterocycles. The van der Waals surface area contributed by atoms with Crippen molar-refractivity contribution in [2.24, 2.45) is 0 Å². The van der Waals surface area contributed by atoms with Crippen molar-refractivity contribution in [3.8, 4) is 0 Å². The summed E-state index contributed by atoms with van der Waals surface area (Å²) in [6.07, 6.45) is 29.5. The van der Waals surface area contributed by atoms with Crippen LogP contribution in [-0.2, 0) is 38.7 Å². The molecule has 1 aliphatic heterocycles. The molecule has 2 unspecified atom stereocenters. The van der Waals surface area contributed by atoms with Crippen LogP contribution < -0.4 is 0 Å². The molecule has 1 saturated heterocycles. The lowest BCUT2D eigenvalue weighted by Gasteiger charge is -2.40. The summed E-state index contributed by atoms with van der Waals surface area (Å²) in [7, 11) is -4.60. The van der Waals surface area contributed by atoms with Gasteiger partial charge in [-0.3, -0.25) is 14.1 Å². The Bertz CT molecular complexity index is 1180. The number of ether oxygens (including phenoxy) is 4. The third kappa shape index (κ3) is 30.2. The molecule has 0 amide bonds. The second kappa shape index (κ2) is 35.8. The smallest absolute Gasteiger partial charge is 0.306 e. The molecule has 0 saturated carbocycles. The summed E-state index contributed by atoms with van der Waals surface area (Å²) < 4.78 is 54.0. The Morgan fingerprint density at radius 1 is 0.569 bits per heavy atom. The molecule has 340 valence electrons. The number of hydrogen-bond acceptors (Lipinski definition) is 11. The van der Waals surface area contributed by atoms with E-state index in [1.165, 1.54) is 103 Å². The van der Waals surface area contributed by atoms with Crippen LogP contribution in [0.4, 0.5) is 0 Å². The highest BCUT2D eigenvalue weighted by atomic mass is 32.2. The quantitative estimate of drug-likeness (QED) is 0.0200. The van der Waals surface area contributed by atoms with Gasteiger partial charge in [0.2, 0.25) is 0 Å². The van der Waals surface area contributed by atoms with Gasteiger partial charge in [0.25, 0.3) is 10.1 Å². The van der Waals surface area contributed by atoms with Crippen molar-refractivity contribution in [1.29, 1.82) is 0 Å². The van der Waals surface area contributed by atoms with Crippen LogP contribution >= 0.6 is 0 Å².